The highest BCUT2D eigenvalue weighted by Crippen LogP contribution is 2.30. The number of anilines is 3. The highest BCUT2D eigenvalue weighted by atomic mass is 32.1. The van der Waals surface area contributed by atoms with Crippen LogP contribution in [-0.4, -0.2) is 80.4 Å². The average Bonchev–Trinajstić information content (AvgIpc) is 3.54. The second kappa shape index (κ2) is 11.9. The van der Waals surface area contributed by atoms with Crippen molar-refractivity contribution in [3.05, 3.63) is 70.6 Å². The molecule has 204 valence electrons. The van der Waals surface area contributed by atoms with Crippen LogP contribution in [0.4, 0.5) is 17.2 Å². The van der Waals surface area contributed by atoms with Gasteiger partial charge in [0, 0.05) is 44.5 Å². The lowest BCUT2D eigenvalue weighted by Gasteiger charge is -2.34. The molecule has 0 bridgehead atoms. The van der Waals surface area contributed by atoms with Crippen molar-refractivity contribution in [3.63, 3.8) is 0 Å². The Morgan fingerprint density at radius 2 is 1.77 bits per heavy atom. The number of aromatic amines is 1. The minimum Gasteiger partial charge on any atom is -0.383 e. The van der Waals surface area contributed by atoms with Crippen molar-refractivity contribution in [2.75, 3.05) is 68.7 Å². The van der Waals surface area contributed by atoms with E-state index in [2.05, 4.69) is 37.8 Å². The van der Waals surface area contributed by atoms with Crippen LogP contribution < -0.4 is 20.7 Å². The number of likely N-dealkylation sites (N-methyl/N-ethyl adjacent to an activating group) is 1. The molecule has 1 saturated heterocycles. The zero-order chi connectivity index (χ0) is 27.4. The van der Waals surface area contributed by atoms with Gasteiger partial charge >= 0.3 is 0 Å². The molecule has 1 aliphatic heterocycles. The second-order valence-corrected chi connectivity index (χ2v) is 10.7. The predicted octanol–water partition coefficient (Wildman–Crippen LogP) is 3.73. The molecule has 11 heteroatoms. The maximum Gasteiger partial charge on any atom is 0.279 e. The molecular formula is C28H33N7O3S. The molecule has 10 nitrogen and oxygen atoms in total. The lowest BCUT2D eigenvalue weighted by atomic mass is 10.1. The van der Waals surface area contributed by atoms with E-state index < -0.39 is 0 Å². The van der Waals surface area contributed by atoms with Crippen molar-refractivity contribution < 1.29 is 14.3 Å². The summed E-state index contributed by atoms with van der Waals surface area (Å²) >= 11 is 1.26. The molecule has 0 aliphatic carbocycles. The first-order valence-electron chi connectivity index (χ1n) is 12.9. The van der Waals surface area contributed by atoms with Crippen LogP contribution >= 0.6 is 11.3 Å². The minimum atomic E-state index is -0.258. The van der Waals surface area contributed by atoms with Gasteiger partial charge in [0.1, 0.15) is 10.6 Å². The zero-order valence-electron chi connectivity index (χ0n) is 22.4. The molecule has 0 unspecified atom stereocenters. The first-order chi connectivity index (χ1) is 18.9. The molecule has 0 spiro atoms. The maximum absolute atomic E-state index is 13.1. The topological polar surface area (TPSA) is 106 Å². The molecule has 3 N–H and O–H groups in total. The van der Waals surface area contributed by atoms with Gasteiger partial charge in [0.25, 0.3) is 11.8 Å². The largest absolute Gasteiger partial charge is 0.383 e. The fourth-order valence-electron chi connectivity index (χ4n) is 4.43. The SMILES string of the molecule is COCCN(NC(=O)c1cc2c(NC(=O)c3ccc(N4CCN(C)CC4)cc3)[nH]nc2s1)c1ccc(C)cc1. The molecule has 2 aromatic heterocycles. The van der Waals surface area contributed by atoms with Gasteiger partial charge in [-0.25, -0.2) is 0 Å². The average molecular weight is 548 g/mol. The van der Waals surface area contributed by atoms with E-state index in [1.54, 1.807) is 18.2 Å². The van der Waals surface area contributed by atoms with Crippen LogP contribution in [0.2, 0.25) is 0 Å². The molecule has 0 radical (unpaired) electrons. The number of nitrogens with zero attached hydrogens (tertiary/aromatic N) is 4. The molecule has 39 heavy (non-hydrogen) atoms. The highest BCUT2D eigenvalue weighted by Gasteiger charge is 2.20. The smallest absolute Gasteiger partial charge is 0.279 e. The first kappa shape index (κ1) is 26.7. The summed E-state index contributed by atoms with van der Waals surface area (Å²) in [6.07, 6.45) is 0. The molecule has 5 rings (SSSR count). The fraction of sp³-hybridized carbons (Fsp3) is 0.321. The number of aromatic nitrogens is 2. The first-order valence-corrected chi connectivity index (χ1v) is 13.7. The number of amides is 2. The number of methoxy groups -OCH3 is 1. The molecule has 1 aliphatic rings. The number of carbonyl (C=O) groups is 2. The zero-order valence-corrected chi connectivity index (χ0v) is 23.2. The Hall–Kier alpha value is -3.93. The molecule has 2 amide bonds. The van der Waals surface area contributed by atoms with Gasteiger partial charge in [0.15, 0.2) is 0 Å². The summed E-state index contributed by atoms with van der Waals surface area (Å²) in [5, 5.41) is 12.5. The van der Waals surface area contributed by atoms with Crippen LogP contribution in [0, 0.1) is 6.92 Å². The number of hydrogen-bond acceptors (Lipinski definition) is 8. The number of hydrazine groups is 1. The van der Waals surface area contributed by atoms with Crippen LogP contribution in [0.3, 0.4) is 0 Å². The van der Waals surface area contributed by atoms with Gasteiger partial charge in [0.2, 0.25) is 0 Å². The molecule has 0 saturated carbocycles. The summed E-state index contributed by atoms with van der Waals surface area (Å²) in [4.78, 5) is 31.9. The number of hydrogen-bond donors (Lipinski definition) is 3. The van der Waals surface area contributed by atoms with Gasteiger partial charge in [-0.3, -0.25) is 25.1 Å². The van der Waals surface area contributed by atoms with Crippen LogP contribution in [-0.2, 0) is 4.74 Å². The van der Waals surface area contributed by atoms with Gasteiger partial charge in [-0.05, 0) is 56.4 Å². The number of nitrogens with one attached hydrogen (secondary N) is 3. The molecule has 2 aromatic carbocycles. The quantitative estimate of drug-likeness (QED) is 0.274. The van der Waals surface area contributed by atoms with E-state index in [0.29, 0.717) is 39.6 Å². The molecule has 0 atom stereocenters. The summed E-state index contributed by atoms with van der Waals surface area (Å²) in [6.45, 7) is 6.95. The van der Waals surface area contributed by atoms with Crippen LogP contribution in [0.15, 0.2) is 54.6 Å². The normalized spacial score (nSPS) is 14.0. The number of carbonyl (C=O) groups excluding carboxylic acids is 2. The summed E-state index contributed by atoms with van der Waals surface area (Å²) in [7, 11) is 3.75. The summed E-state index contributed by atoms with van der Waals surface area (Å²) in [6, 6.07) is 17.3. The Morgan fingerprint density at radius 3 is 2.46 bits per heavy atom. The van der Waals surface area contributed by atoms with Gasteiger partial charge in [-0.15, -0.1) is 11.3 Å². The monoisotopic (exact) mass is 547 g/mol. The number of H-pyrrole nitrogens is 1. The minimum absolute atomic E-state index is 0.243. The number of fused-ring (bicyclic) bond motifs is 1. The van der Waals surface area contributed by atoms with E-state index in [-0.39, 0.29) is 11.8 Å². The summed E-state index contributed by atoms with van der Waals surface area (Å²) in [5.74, 6) is -0.0394. The van der Waals surface area contributed by atoms with E-state index in [1.807, 2.05) is 55.5 Å². The second-order valence-electron chi connectivity index (χ2n) is 9.64. The Kier molecular flexibility index (Phi) is 8.10. The van der Waals surface area contributed by atoms with Crippen molar-refractivity contribution in [2.45, 2.75) is 6.92 Å². The molecule has 4 aromatic rings. The number of benzene rings is 2. The van der Waals surface area contributed by atoms with Gasteiger partial charge in [-0.1, -0.05) is 17.7 Å². The van der Waals surface area contributed by atoms with Crippen LogP contribution in [0.1, 0.15) is 25.6 Å². The van der Waals surface area contributed by atoms with Crippen molar-refractivity contribution in [3.8, 4) is 0 Å². The predicted molar refractivity (Wildman–Crippen MR) is 156 cm³/mol. The lowest BCUT2D eigenvalue weighted by Crippen LogP contribution is -2.44. The number of ether oxygens (including phenoxy) is 1. The third-order valence-electron chi connectivity index (χ3n) is 6.81. The standard InChI is InChI=1S/C28H33N7O3S/c1-19-4-8-22(9-5-19)35(16-17-38-3)32-27(37)24-18-23-25(30-31-28(23)39-24)29-26(36)20-6-10-21(11-7-20)34-14-12-33(2)13-15-34/h4-11,18H,12-17H2,1-3H3,(H,32,37)(H2,29,30,31,36). The van der Waals surface area contributed by atoms with E-state index in [1.165, 1.54) is 11.3 Å². The third-order valence-corrected chi connectivity index (χ3v) is 7.84. The third kappa shape index (κ3) is 6.22. The fourth-order valence-corrected chi connectivity index (χ4v) is 5.31. The van der Waals surface area contributed by atoms with Gasteiger partial charge < -0.3 is 19.9 Å². The summed E-state index contributed by atoms with van der Waals surface area (Å²) < 4.78 is 5.22. The number of aryl methyl sites for hydroxylation is 1. The Balaban J connectivity index is 1.26. The molecule has 1 fully saturated rings. The number of thiophene rings is 1. The Morgan fingerprint density at radius 1 is 1.05 bits per heavy atom. The van der Waals surface area contributed by atoms with Crippen LogP contribution in [0.25, 0.3) is 10.2 Å². The van der Waals surface area contributed by atoms with E-state index in [9.17, 15) is 9.59 Å². The Bertz CT molecular complexity index is 1420. The van der Waals surface area contributed by atoms with E-state index in [0.717, 1.165) is 43.1 Å². The molecule has 3 heterocycles. The van der Waals surface area contributed by atoms with Crippen molar-refractivity contribution in [2.24, 2.45) is 0 Å². The lowest BCUT2D eigenvalue weighted by molar-refractivity contribution is 0.0948. The highest BCUT2D eigenvalue weighted by molar-refractivity contribution is 7.20. The number of rotatable bonds is 9. The van der Waals surface area contributed by atoms with Gasteiger partial charge in [-0.2, -0.15) is 5.10 Å². The Labute approximate surface area is 231 Å². The van der Waals surface area contributed by atoms with Crippen LogP contribution in [0.5, 0.6) is 0 Å². The number of piperazine rings is 1. The van der Waals surface area contributed by atoms with E-state index >= 15 is 0 Å². The summed E-state index contributed by atoms with van der Waals surface area (Å²) in [5.41, 5.74) is 6.63. The van der Waals surface area contributed by atoms with E-state index in [4.69, 9.17) is 4.74 Å². The van der Waals surface area contributed by atoms with Crippen molar-refractivity contribution in [1.29, 1.82) is 0 Å². The maximum atomic E-state index is 13.1. The van der Waals surface area contributed by atoms with Crippen molar-refractivity contribution >= 4 is 50.6 Å². The molecular weight excluding hydrogens is 514 g/mol. The van der Waals surface area contributed by atoms with Gasteiger partial charge in [0.05, 0.1) is 29.1 Å². The van der Waals surface area contributed by atoms with Crippen molar-refractivity contribution in [1.82, 2.24) is 20.5 Å².